The summed E-state index contributed by atoms with van der Waals surface area (Å²) >= 11 is 1.10. The number of fused-ring (bicyclic) bond motifs is 1. The van der Waals surface area contributed by atoms with Gasteiger partial charge in [-0.25, -0.2) is 0 Å². The first kappa shape index (κ1) is 35.3. The van der Waals surface area contributed by atoms with Crippen molar-refractivity contribution in [2.75, 3.05) is 24.5 Å². The number of aliphatic hydroxyl groups is 1. The van der Waals surface area contributed by atoms with E-state index in [2.05, 4.69) is 87.2 Å². The standard InChI is InChI=1S/C20H22N2.C13H20N2O3S.Co/c1-3-22-18-12-8-7-11-17(18)20(2,19(22)13-14-21)15-16-9-5-4-6-10-16;1-3-9-15(10-4-2)17-18-19-12-7-5-11(6-8-12)13(14)16;/h4-14,21H,3,15H2,1-2H3;5-8H,3-4,9-10H2,1-2H3,(H2,14,16);/b19-13-,21-14?;;. The van der Waals surface area contributed by atoms with Gasteiger partial charge >= 0.3 is 0 Å². The molecule has 1 aliphatic heterocycles. The molecule has 1 unspecified atom stereocenters. The Balaban J connectivity index is 0.000000290. The zero-order chi connectivity index (χ0) is 29.7. The van der Waals surface area contributed by atoms with Crippen molar-refractivity contribution in [3.05, 3.63) is 107 Å². The number of anilines is 1. The Bertz CT molecular complexity index is 1280. The molecule has 1 aliphatic rings. The number of nitrogens with zero attached hydrogens (tertiary/aromatic N) is 2. The van der Waals surface area contributed by atoms with Crippen LogP contribution in [0.2, 0.25) is 0 Å². The quantitative estimate of drug-likeness (QED) is 0.0579. The maximum Gasteiger partial charge on any atom is 0.210 e. The minimum Gasteiger partial charge on any atom is -0.493 e. The summed E-state index contributed by atoms with van der Waals surface area (Å²) in [5.41, 5.74) is 5.56. The summed E-state index contributed by atoms with van der Waals surface area (Å²) in [7, 11) is 0. The molecule has 1 radical (unpaired) electrons. The molecule has 227 valence electrons. The molecule has 0 fully saturated rings. The molecule has 3 N–H and O–H groups in total. The van der Waals surface area contributed by atoms with E-state index < -0.39 is 5.90 Å². The van der Waals surface area contributed by atoms with Gasteiger partial charge in [0.2, 0.25) is 5.90 Å². The Morgan fingerprint density at radius 3 is 2.14 bits per heavy atom. The van der Waals surface area contributed by atoms with Crippen LogP contribution in [-0.2, 0) is 37.9 Å². The van der Waals surface area contributed by atoms with Gasteiger partial charge in [0.1, 0.15) is 0 Å². The molecule has 0 aromatic heterocycles. The van der Waals surface area contributed by atoms with Crippen molar-refractivity contribution in [2.45, 2.75) is 57.3 Å². The zero-order valence-electron chi connectivity index (χ0n) is 24.8. The van der Waals surface area contributed by atoms with E-state index >= 15 is 0 Å². The van der Waals surface area contributed by atoms with E-state index in [0.717, 1.165) is 55.8 Å². The Morgan fingerprint density at radius 1 is 0.952 bits per heavy atom. The van der Waals surface area contributed by atoms with Crippen molar-refractivity contribution in [1.82, 2.24) is 5.06 Å². The second kappa shape index (κ2) is 17.9. The van der Waals surface area contributed by atoms with Crippen molar-refractivity contribution in [3.8, 4) is 0 Å². The van der Waals surface area contributed by atoms with E-state index in [0.29, 0.717) is 5.56 Å². The molecule has 0 amide bonds. The molecular formula is C33H42CoN4O3S. The zero-order valence-corrected chi connectivity index (χ0v) is 26.7. The third-order valence-electron chi connectivity index (χ3n) is 6.94. The summed E-state index contributed by atoms with van der Waals surface area (Å²) in [5.74, 6) is -0.439. The van der Waals surface area contributed by atoms with Crippen molar-refractivity contribution in [3.63, 3.8) is 0 Å². The summed E-state index contributed by atoms with van der Waals surface area (Å²) < 4.78 is 5.11. The van der Waals surface area contributed by atoms with Crippen molar-refractivity contribution < 1.29 is 31.2 Å². The average molecular weight is 634 g/mol. The molecule has 1 atom stereocenters. The summed E-state index contributed by atoms with van der Waals surface area (Å²) in [6.45, 7) is 11.2. The number of benzene rings is 3. The topological polar surface area (TPSA) is 92.9 Å². The number of hydroxylamine groups is 2. The minimum absolute atomic E-state index is 0. The van der Waals surface area contributed by atoms with Gasteiger partial charge < -0.3 is 15.4 Å². The molecule has 0 spiro atoms. The van der Waals surface area contributed by atoms with Crippen LogP contribution < -0.4 is 4.90 Å². The molecule has 1 heterocycles. The molecule has 3 aromatic carbocycles. The normalized spacial score (nSPS) is 16.4. The van der Waals surface area contributed by atoms with Crippen molar-refractivity contribution in [2.24, 2.45) is 0 Å². The Morgan fingerprint density at radius 2 is 1.57 bits per heavy atom. The van der Waals surface area contributed by atoms with E-state index in [9.17, 15) is 0 Å². The average Bonchev–Trinajstić information content (AvgIpc) is 3.21. The second-order valence-corrected chi connectivity index (χ2v) is 10.8. The first-order valence-corrected chi connectivity index (χ1v) is 14.9. The molecule has 3 aromatic rings. The van der Waals surface area contributed by atoms with Gasteiger partial charge in [-0.1, -0.05) is 62.4 Å². The second-order valence-electron chi connectivity index (χ2n) is 10.0. The summed E-state index contributed by atoms with van der Waals surface area (Å²) in [6.07, 6.45) is 6.31. The number of likely N-dealkylation sites (N-methyl/N-ethyl adjacent to an activating group) is 1. The van der Waals surface area contributed by atoms with Gasteiger partial charge in [-0.05, 0) is 80.6 Å². The van der Waals surface area contributed by atoms with Crippen LogP contribution in [0.4, 0.5) is 5.69 Å². The number of hydrogen-bond donors (Lipinski definition) is 3. The molecule has 42 heavy (non-hydrogen) atoms. The fourth-order valence-electron chi connectivity index (χ4n) is 5.08. The molecule has 4 rings (SSSR count). The molecule has 0 bridgehead atoms. The number of rotatable bonds is 13. The van der Waals surface area contributed by atoms with Gasteiger partial charge in [0, 0.05) is 69.9 Å². The minimum atomic E-state index is -0.439. The Labute approximate surface area is 265 Å². The maximum atomic E-state index is 9.00. The van der Waals surface area contributed by atoms with E-state index in [1.54, 1.807) is 29.3 Å². The van der Waals surface area contributed by atoms with Crippen LogP contribution in [0.3, 0.4) is 0 Å². The number of para-hydroxylation sites is 1. The fourth-order valence-corrected chi connectivity index (χ4v) is 5.52. The van der Waals surface area contributed by atoms with E-state index in [1.807, 2.05) is 6.08 Å². The van der Waals surface area contributed by atoms with Crippen LogP contribution in [-0.4, -0.2) is 41.9 Å². The SMILES string of the molecule is CCCN(CCC)OOSc1ccc(C(=N)O)cc1.CCN1/C(=C\C=N)C(C)(Cc2ccccc2)c2ccccc21.[Co]. The smallest absolute Gasteiger partial charge is 0.210 e. The number of allylic oxidation sites excluding steroid dienone is 2. The van der Waals surface area contributed by atoms with Crippen LogP contribution in [0.15, 0.2) is 95.5 Å². The van der Waals surface area contributed by atoms with Crippen LogP contribution in [0.25, 0.3) is 0 Å². The maximum absolute atomic E-state index is 9.00. The van der Waals surface area contributed by atoms with E-state index in [1.165, 1.54) is 28.7 Å². The van der Waals surface area contributed by atoms with Gasteiger partial charge in [0.15, 0.2) is 0 Å². The van der Waals surface area contributed by atoms with Gasteiger partial charge in [0.25, 0.3) is 0 Å². The molecular weight excluding hydrogens is 591 g/mol. The first-order valence-electron chi connectivity index (χ1n) is 14.1. The Hall–Kier alpha value is -2.92. The van der Waals surface area contributed by atoms with Crippen LogP contribution in [0.1, 0.15) is 57.2 Å². The van der Waals surface area contributed by atoms with Crippen molar-refractivity contribution >= 4 is 29.8 Å². The molecule has 0 aliphatic carbocycles. The largest absolute Gasteiger partial charge is 0.493 e. The third kappa shape index (κ3) is 9.29. The van der Waals surface area contributed by atoms with Gasteiger partial charge in [0.05, 0.1) is 12.0 Å². The van der Waals surface area contributed by atoms with Crippen LogP contribution in [0.5, 0.6) is 0 Å². The third-order valence-corrected chi connectivity index (χ3v) is 7.54. The molecule has 0 saturated heterocycles. The number of hydrogen-bond acceptors (Lipinski definition) is 7. The predicted molar refractivity (Wildman–Crippen MR) is 170 cm³/mol. The molecule has 0 saturated carbocycles. The number of aliphatic hydroxyl groups excluding tert-OH is 1. The number of nitrogens with one attached hydrogen (secondary N) is 2. The van der Waals surface area contributed by atoms with Crippen LogP contribution >= 0.6 is 12.0 Å². The molecule has 9 heteroatoms. The van der Waals surface area contributed by atoms with Gasteiger partial charge in [-0.3, -0.25) is 5.41 Å². The van der Waals surface area contributed by atoms with Crippen molar-refractivity contribution in [1.29, 1.82) is 10.8 Å². The fraction of sp³-hybridized carbons (Fsp3) is 0.333. The molecule has 7 nitrogen and oxygen atoms in total. The predicted octanol–water partition coefficient (Wildman–Crippen LogP) is 8.12. The van der Waals surface area contributed by atoms with E-state index in [-0.39, 0.29) is 22.2 Å². The van der Waals surface area contributed by atoms with Gasteiger partial charge in [-0.15, -0.1) is 9.32 Å². The summed E-state index contributed by atoms with van der Waals surface area (Å²) in [6, 6.07) is 26.1. The summed E-state index contributed by atoms with van der Waals surface area (Å²) in [5, 5.41) is 25.4. The van der Waals surface area contributed by atoms with Crippen LogP contribution in [0, 0.1) is 10.8 Å². The van der Waals surface area contributed by atoms with E-state index in [4.69, 9.17) is 25.2 Å². The Kier molecular flexibility index (Phi) is 15.0. The summed E-state index contributed by atoms with van der Waals surface area (Å²) in [4.78, 5) is 8.39. The monoisotopic (exact) mass is 633 g/mol. The van der Waals surface area contributed by atoms with Gasteiger partial charge in [-0.2, -0.15) is 5.06 Å². The first-order chi connectivity index (χ1) is 19.9.